The predicted octanol–water partition coefficient (Wildman–Crippen LogP) is 3.30. The molecule has 0 saturated carbocycles. The number of hydrogen-bond donors (Lipinski definition) is 1. The molecule has 0 bridgehead atoms. The predicted molar refractivity (Wildman–Crippen MR) is 50.9 cm³/mol. The summed E-state index contributed by atoms with van der Waals surface area (Å²) >= 11 is 6.33. The van der Waals surface area contributed by atoms with E-state index in [1.807, 2.05) is 0 Å². The van der Waals surface area contributed by atoms with Crippen LogP contribution >= 0.6 is 24.0 Å². The van der Waals surface area contributed by atoms with Crippen molar-refractivity contribution in [2.45, 2.75) is 25.0 Å². The van der Waals surface area contributed by atoms with Crippen LogP contribution in [0.4, 0.5) is 0 Å². The second-order valence-corrected chi connectivity index (χ2v) is 4.54. The first kappa shape index (κ1) is 8.15. The molecule has 0 aliphatic heterocycles. The van der Waals surface area contributed by atoms with Gasteiger partial charge in [-0.2, -0.15) is 12.6 Å². The van der Waals surface area contributed by atoms with Crippen LogP contribution in [0, 0.1) is 0 Å². The van der Waals surface area contributed by atoms with Crippen LogP contribution in [0.5, 0.6) is 0 Å². The number of thiophene rings is 1. The maximum Gasteiger partial charge on any atom is 0.0440 e. The van der Waals surface area contributed by atoms with Crippen molar-refractivity contribution in [3.05, 3.63) is 22.4 Å². The van der Waals surface area contributed by atoms with Crippen LogP contribution in [-0.2, 0) is 4.75 Å². The summed E-state index contributed by atoms with van der Waals surface area (Å²) in [5, 5.41) is 2.10. The van der Waals surface area contributed by atoms with E-state index in [0.29, 0.717) is 0 Å². The van der Waals surface area contributed by atoms with E-state index in [2.05, 4.69) is 44.0 Å². The Labute approximate surface area is 71.7 Å². The monoisotopic (exact) mass is 172 g/mol. The molecule has 0 spiro atoms. The van der Waals surface area contributed by atoms with Crippen molar-refractivity contribution in [2.24, 2.45) is 0 Å². The first-order valence-electron chi connectivity index (χ1n) is 3.43. The van der Waals surface area contributed by atoms with E-state index in [0.717, 1.165) is 6.42 Å². The van der Waals surface area contributed by atoms with E-state index in [4.69, 9.17) is 0 Å². The van der Waals surface area contributed by atoms with Gasteiger partial charge in [0, 0.05) is 9.62 Å². The normalized spacial score (nSPS) is 16.7. The fourth-order valence-corrected chi connectivity index (χ4v) is 1.85. The molecule has 2 heteroatoms. The molecular formula is C8H12S2. The standard InChI is InChI=1S/C8H12S2/c1-3-8(2,9)7-5-4-6-10-7/h4-6,9H,3H2,1-2H3. The quantitative estimate of drug-likeness (QED) is 0.650. The van der Waals surface area contributed by atoms with Gasteiger partial charge in [-0.15, -0.1) is 11.3 Å². The lowest BCUT2D eigenvalue weighted by Crippen LogP contribution is -2.09. The Morgan fingerprint density at radius 2 is 2.40 bits per heavy atom. The zero-order chi connectivity index (χ0) is 7.61. The number of thiol groups is 1. The highest BCUT2D eigenvalue weighted by atomic mass is 32.1. The fourth-order valence-electron chi connectivity index (χ4n) is 0.759. The van der Waals surface area contributed by atoms with Crippen molar-refractivity contribution in [1.82, 2.24) is 0 Å². The van der Waals surface area contributed by atoms with Crippen LogP contribution in [0.1, 0.15) is 25.1 Å². The maximum atomic E-state index is 4.55. The average molecular weight is 172 g/mol. The second kappa shape index (κ2) is 2.97. The Bertz CT molecular complexity index is 187. The van der Waals surface area contributed by atoms with Crippen molar-refractivity contribution >= 4 is 24.0 Å². The third-order valence-corrected chi connectivity index (χ3v) is 3.58. The highest BCUT2D eigenvalue weighted by Crippen LogP contribution is 2.34. The van der Waals surface area contributed by atoms with Crippen LogP contribution in [0.15, 0.2) is 17.5 Å². The maximum absolute atomic E-state index is 4.55. The van der Waals surface area contributed by atoms with E-state index < -0.39 is 0 Å². The van der Waals surface area contributed by atoms with Crippen molar-refractivity contribution in [3.63, 3.8) is 0 Å². The van der Waals surface area contributed by atoms with Gasteiger partial charge in [0.1, 0.15) is 0 Å². The molecule has 1 atom stereocenters. The molecule has 0 fully saturated rings. The van der Waals surface area contributed by atoms with Gasteiger partial charge < -0.3 is 0 Å². The molecule has 10 heavy (non-hydrogen) atoms. The van der Waals surface area contributed by atoms with Gasteiger partial charge in [-0.25, -0.2) is 0 Å². The van der Waals surface area contributed by atoms with E-state index in [-0.39, 0.29) is 4.75 Å². The molecule has 0 radical (unpaired) electrons. The Hall–Kier alpha value is 0.0500. The summed E-state index contributed by atoms with van der Waals surface area (Å²) in [4.78, 5) is 1.36. The molecule has 0 aliphatic carbocycles. The summed E-state index contributed by atoms with van der Waals surface area (Å²) in [5.74, 6) is 0. The van der Waals surface area contributed by atoms with Gasteiger partial charge in [-0.1, -0.05) is 13.0 Å². The molecule has 1 aromatic heterocycles. The summed E-state index contributed by atoms with van der Waals surface area (Å²) in [5.41, 5.74) is 0. The lowest BCUT2D eigenvalue weighted by Gasteiger charge is -2.18. The van der Waals surface area contributed by atoms with E-state index in [1.54, 1.807) is 11.3 Å². The van der Waals surface area contributed by atoms with Crippen molar-refractivity contribution in [1.29, 1.82) is 0 Å². The van der Waals surface area contributed by atoms with E-state index in [9.17, 15) is 0 Å². The van der Waals surface area contributed by atoms with Crippen LogP contribution < -0.4 is 0 Å². The molecule has 1 unspecified atom stereocenters. The molecule has 0 amide bonds. The minimum atomic E-state index is 0.0775. The summed E-state index contributed by atoms with van der Waals surface area (Å²) in [6, 6.07) is 4.21. The third-order valence-electron chi connectivity index (χ3n) is 1.74. The fraction of sp³-hybridized carbons (Fsp3) is 0.500. The average Bonchev–Trinajstić information content (AvgIpc) is 2.38. The molecule has 0 aliphatic rings. The second-order valence-electron chi connectivity index (χ2n) is 2.60. The van der Waals surface area contributed by atoms with Crippen molar-refractivity contribution in [3.8, 4) is 0 Å². The van der Waals surface area contributed by atoms with Gasteiger partial charge in [0.2, 0.25) is 0 Å². The van der Waals surface area contributed by atoms with Gasteiger partial charge >= 0.3 is 0 Å². The van der Waals surface area contributed by atoms with Gasteiger partial charge in [-0.3, -0.25) is 0 Å². The first-order chi connectivity index (χ1) is 4.67. The summed E-state index contributed by atoms with van der Waals surface area (Å²) in [6.45, 7) is 4.31. The Morgan fingerprint density at radius 3 is 2.80 bits per heavy atom. The molecule has 0 N–H and O–H groups in total. The van der Waals surface area contributed by atoms with Crippen LogP contribution in [0.2, 0.25) is 0 Å². The largest absolute Gasteiger partial charge is 0.167 e. The molecule has 1 rings (SSSR count). The van der Waals surface area contributed by atoms with E-state index >= 15 is 0 Å². The van der Waals surface area contributed by atoms with Crippen molar-refractivity contribution in [2.75, 3.05) is 0 Å². The van der Waals surface area contributed by atoms with Gasteiger partial charge in [0.25, 0.3) is 0 Å². The SMILES string of the molecule is CCC(C)(S)c1cccs1. The van der Waals surface area contributed by atoms with E-state index in [1.165, 1.54) is 4.88 Å². The molecule has 0 nitrogen and oxygen atoms in total. The first-order valence-corrected chi connectivity index (χ1v) is 4.76. The molecular weight excluding hydrogens is 160 g/mol. The number of rotatable bonds is 2. The molecule has 56 valence electrons. The lowest BCUT2D eigenvalue weighted by atomic mass is 10.1. The Kier molecular flexibility index (Phi) is 2.42. The minimum Gasteiger partial charge on any atom is -0.167 e. The van der Waals surface area contributed by atoms with Gasteiger partial charge in [0.05, 0.1) is 0 Å². The topological polar surface area (TPSA) is 0 Å². The molecule has 1 heterocycles. The minimum absolute atomic E-state index is 0.0775. The highest BCUT2D eigenvalue weighted by molar-refractivity contribution is 7.81. The van der Waals surface area contributed by atoms with Crippen LogP contribution in [-0.4, -0.2) is 0 Å². The zero-order valence-electron chi connectivity index (χ0n) is 6.29. The van der Waals surface area contributed by atoms with Gasteiger partial charge in [0.15, 0.2) is 0 Å². The van der Waals surface area contributed by atoms with Gasteiger partial charge in [-0.05, 0) is 24.8 Å². The Morgan fingerprint density at radius 1 is 1.70 bits per heavy atom. The highest BCUT2D eigenvalue weighted by Gasteiger charge is 2.19. The zero-order valence-corrected chi connectivity index (χ0v) is 8.01. The summed E-state index contributed by atoms with van der Waals surface area (Å²) in [6.07, 6.45) is 1.08. The summed E-state index contributed by atoms with van der Waals surface area (Å²) < 4.78 is 0.0775. The van der Waals surface area contributed by atoms with Crippen LogP contribution in [0.25, 0.3) is 0 Å². The molecule has 0 aromatic carbocycles. The summed E-state index contributed by atoms with van der Waals surface area (Å²) in [7, 11) is 0. The van der Waals surface area contributed by atoms with Crippen LogP contribution in [0.3, 0.4) is 0 Å². The van der Waals surface area contributed by atoms with Crippen molar-refractivity contribution < 1.29 is 0 Å². The third kappa shape index (κ3) is 1.55. The number of hydrogen-bond acceptors (Lipinski definition) is 2. The Balaban J connectivity index is 2.85. The smallest absolute Gasteiger partial charge is 0.0440 e. The molecule has 1 aromatic rings. The lowest BCUT2D eigenvalue weighted by molar-refractivity contribution is 0.685. The molecule has 0 saturated heterocycles.